The second-order valence-corrected chi connectivity index (χ2v) is 4.85. The number of rotatable bonds is 4. The molecule has 1 saturated carbocycles. The van der Waals surface area contributed by atoms with Gasteiger partial charge in [0, 0.05) is 20.6 Å². The summed E-state index contributed by atoms with van der Waals surface area (Å²) in [6.45, 7) is 0.990. The molecule has 0 atom stereocenters. The summed E-state index contributed by atoms with van der Waals surface area (Å²) in [4.78, 5) is 14.5. The lowest BCUT2D eigenvalue weighted by atomic mass is 10.1. The Bertz CT molecular complexity index is 378. The Morgan fingerprint density at radius 3 is 2.65 bits per heavy atom. The van der Waals surface area contributed by atoms with Gasteiger partial charge < -0.3 is 10.2 Å². The van der Waals surface area contributed by atoms with Gasteiger partial charge in [0.25, 0.3) is 0 Å². The van der Waals surface area contributed by atoms with Crippen LogP contribution in [0.25, 0.3) is 0 Å². The van der Waals surface area contributed by atoms with Crippen LogP contribution < -0.4 is 10.2 Å². The lowest BCUT2D eigenvalue weighted by molar-refractivity contribution is 0.542. The van der Waals surface area contributed by atoms with Gasteiger partial charge in [-0.25, -0.2) is 0 Å². The highest BCUT2D eigenvalue weighted by atomic mass is 35.5. The number of halogens is 1. The Kier molecular flexibility index (Phi) is 3.99. The van der Waals surface area contributed by atoms with Crippen LogP contribution in [0, 0.1) is 5.92 Å². The maximum atomic E-state index is 5.86. The normalized spacial score (nSPS) is 16.2. The predicted molar refractivity (Wildman–Crippen MR) is 69.6 cm³/mol. The van der Waals surface area contributed by atoms with Crippen LogP contribution in [-0.2, 0) is 0 Å². The van der Waals surface area contributed by atoms with Crippen molar-refractivity contribution in [2.24, 2.45) is 5.92 Å². The van der Waals surface area contributed by atoms with Gasteiger partial charge in [0.05, 0.1) is 0 Å². The van der Waals surface area contributed by atoms with Crippen molar-refractivity contribution in [2.45, 2.75) is 25.7 Å². The minimum Gasteiger partial charge on any atom is -0.357 e. The first kappa shape index (κ1) is 12.4. The summed E-state index contributed by atoms with van der Waals surface area (Å²) in [6.07, 6.45) is 5.31. The number of hydrogen-bond donors (Lipinski definition) is 1. The third kappa shape index (κ3) is 3.19. The zero-order chi connectivity index (χ0) is 12.3. The molecule has 1 N–H and O–H groups in total. The Morgan fingerprint density at radius 1 is 1.29 bits per heavy atom. The van der Waals surface area contributed by atoms with E-state index < -0.39 is 0 Å². The van der Waals surface area contributed by atoms with E-state index in [0.29, 0.717) is 11.9 Å². The lowest BCUT2D eigenvalue weighted by Crippen LogP contribution is -2.26. The van der Waals surface area contributed by atoms with Crippen LogP contribution in [0.3, 0.4) is 0 Å². The lowest BCUT2D eigenvalue weighted by Gasteiger charge is -2.21. The van der Waals surface area contributed by atoms with Crippen LogP contribution >= 0.6 is 11.6 Å². The highest BCUT2D eigenvalue weighted by Gasteiger charge is 2.18. The second-order valence-electron chi connectivity index (χ2n) is 4.51. The highest BCUT2D eigenvalue weighted by Crippen LogP contribution is 2.26. The molecule has 0 spiro atoms. The summed E-state index contributed by atoms with van der Waals surface area (Å²) in [6, 6.07) is 0. The molecule has 1 fully saturated rings. The number of nitrogens with one attached hydrogen (secondary N) is 1. The molecule has 1 heterocycles. The van der Waals surface area contributed by atoms with Gasteiger partial charge in [-0.1, -0.05) is 12.8 Å². The summed E-state index contributed by atoms with van der Waals surface area (Å²) < 4.78 is 0. The van der Waals surface area contributed by atoms with Gasteiger partial charge >= 0.3 is 0 Å². The third-order valence-electron chi connectivity index (χ3n) is 3.17. The molecule has 1 aliphatic carbocycles. The van der Waals surface area contributed by atoms with Crippen LogP contribution in [0.15, 0.2) is 0 Å². The predicted octanol–water partition coefficient (Wildman–Crippen LogP) is 2.19. The van der Waals surface area contributed by atoms with Crippen LogP contribution in [0.2, 0.25) is 5.28 Å². The number of aromatic nitrogens is 3. The largest absolute Gasteiger partial charge is 0.357 e. The van der Waals surface area contributed by atoms with Gasteiger partial charge in [-0.3, -0.25) is 0 Å². The molecule has 1 aromatic rings. The fraction of sp³-hybridized carbons (Fsp3) is 0.727. The Morgan fingerprint density at radius 2 is 2.00 bits per heavy atom. The van der Waals surface area contributed by atoms with Crippen molar-refractivity contribution >= 4 is 23.5 Å². The van der Waals surface area contributed by atoms with E-state index in [-0.39, 0.29) is 5.28 Å². The van der Waals surface area contributed by atoms with E-state index in [9.17, 15) is 0 Å². The smallest absolute Gasteiger partial charge is 0.231 e. The molecule has 0 unspecified atom stereocenters. The van der Waals surface area contributed by atoms with E-state index in [4.69, 9.17) is 11.6 Å². The van der Waals surface area contributed by atoms with Crippen molar-refractivity contribution in [3.8, 4) is 0 Å². The van der Waals surface area contributed by atoms with Crippen LogP contribution in [0.5, 0.6) is 0 Å². The molecule has 0 bridgehead atoms. The minimum atomic E-state index is 0.234. The standard InChI is InChI=1S/C11H18ClN5/c1-13-10-14-9(12)15-11(16-10)17(2)7-8-5-3-4-6-8/h8H,3-7H2,1-2H3,(H,13,14,15,16). The van der Waals surface area contributed by atoms with Gasteiger partial charge in [0.1, 0.15) is 0 Å². The molecule has 0 radical (unpaired) electrons. The number of hydrogen-bond acceptors (Lipinski definition) is 5. The zero-order valence-electron chi connectivity index (χ0n) is 10.3. The minimum absolute atomic E-state index is 0.234. The summed E-state index contributed by atoms with van der Waals surface area (Å²) in [5.74, 6) is 1.91. The summed E-state index contributed by atoms with van der Waals surface area (Å²) in [5.41, 5.74) is 0. The fourth-order valence-electron chi connectivity index (χ4n) is 2.28. The molecule has 6 heteroatoms. The van der Waals surface area contributed by atoms with E-state index in [2.05, 4.69) is 25.2 Å². The molecule has 0 aromatic carbocycles. The first-order valence-corrected chi connectivity index (χ1v) is 6.37. The SMILES string of the molecule is CNc1nc(Cl)nc(N(C)CC2CCCC2)n1. The Balaban J connectivity index is 2.06. The second kappa shape index (κ2) is 5.49. The summed E-state index contributed by atoms with van der Waals surface area (Å²) in [7, 11) is 3.77. The molecule has 94 valence electrons. The number of nitrogens with zero attached hydrogens (tertiary/aromatic N) is 4. The highest BCUT2D eigenvalue weighted by molar-refractivity contribution is 6.28. The summed E-state index contributed by atoms with van der Waals surface area (Å²) in [5, 5.41) is 3.12. The topological polar surface area (TPSA) is 53.9 Å². The van der Waals surface area contributed by atoms with E-state index in [1.807, 2.05) is 7.05 Å². The van der Waals surface area contributed by atoms with Gasteiger partial charge in [0.2, 0.25) is 17.2 Å². The molecule has 0 amide bonds. The Hall–Kier alpha value is -1.10. The average molecular weight is 256 g/mol. The van der Waals surface area contributed by atoms with Crippen molar-refractivity contribution in [1.29, 1.82) is 0 Å². The van der Waals surface area contributed by atoms with Gasteiger partial charge in [-0.15, -0.1) is 0 Å². The molecule has 5 nitrogen and oxygen atoms in total. The first-order chi connectivity index (χ1) is 8.19. The molecule has 0 saturated heterocycles. The average Bonchev–Trinajstić information content (AvgIpc) is 2.81. The third-order valence-corrected chi connectivity index (χ3v) is 3.34. The van der Waals surface area contributed by atoms with Crippen molar-refractivity contribution in [1.82, 2.24) is 15.0 Å². The van der Waals surface area contributed by atoms with Gasteiger partial charge in [-0.05, 0) is 30.4 Å². The van der Waals surface area contributed by atoms with Crippen LogP contribution in [0.4, 0.5) is 11.9 Å². The first-order valence-electron chi connectivity index (χ1n) is 5.99. The maximum Gasteiger partial charge on any atom is 0.231 e. The molecule has 2 rings (SSSR count). The van der Waals surface area contributed by atoms with Crippen molar-refractivity contribution in [3.05, 3.63) is 5.28 Å². The van der Waals surface area contributed by atoms with Crippen LogP contribution in [0.1, 0.15) is 25.7 Å². The van der Waals surface area contributed by atoms with Gasteiger partial charge in [0.15, 0.2) is 0 Å². The van der Waals surface area contributed by atoms with Gasteiger partial charge in [-0.2, -0.15) is 15.0 Å². The number of anilines is 2. The van der Waals surface area contributed by atoms with E-state index in [0.717, 1.165) is 12.5 Å². The molecular formula is C11H18ClN5. The Labute approximate surface area is 107 Å². The van der Waals surface area contributed by atoms with Crippen molar-refractivity contribution in [3.63, 3.8) is 0 Å². The monoisotopic (exact) mass is 255 g/mol. The van der Waals surface area contributed by atoms with Crippen molar-refractivity contribution < 1.29 is 0 Å². The van der Waals surface area contributed by atoms with E-state index >= 15 is 0 Å². The van der Waals surface area contributed by atoms with Crippen LogP contribution in [-0.4, -0.2) is 35.6 Å². The molecular weight excluding hydrogens is 238 g/mol. The molecule has 0 aliphatic heterocycles. The van der Waals surface area contributed by atoms with E-state index in [1.165, 1.54) is 25.7 Å². The quantitative estimate of drug-likeness (QED) is 0.894. The molecule has 1 aromatic heterocycles. The van der Waals surface area contributed by atoms with Crippen molar-refractivity contribution in [2.75, 3.05) is 30.9 Å². The zero-order valence-corrected chi connectivity index (χ0v) is 11.0. The van der Waals surface area contributed by atoms with E-state index in [1.54, 1.807) is 7.05 Å². The fourth-order valence-corrected chi connectivity index (χ4v) is 2.44. The molecule has 17 heavy (non-hydrogen) atoms. The maximum absolute atomic E-state index is 5.86. The summed E-state index contributed by atoms with van der Waals surface area (Å²) >= 11 is 5.86. The molecule has 1 aliphatic rings.